The molecule has 0 fully saturated rings. The van der Waals surface area contributed by atoms with Crippen molar-refractivity contribution in [3.8, 4) is 11.5 Å². The smallest absolute Gasteiger partial charge is 0.270 e. The minimum absolute atomic E-state index is 0.0645. The number of nitrogens with one attached hydrogen (secondary N) is 4. The predicted molar refractivity (Wildman–Crippen MR) is 143 cm³/mol. The molecule has 0 aliphatic heterocycles. The molecular weight excluding hydrogens is 488 g/mol. The van der Waals surface area contributed by atoms with Gasteiger partial charge in [0.25, 0.3) is 11.8 Å². The van der Waals surface area contributed by atoms with Gasteiger partial charge in [-0.3, -0.25) is 30.8 Å². The molecule has 0 saturated carbocycles. The van der Waals surface area contributed by atoms with Gasteiger partial charge in [-0.05, 0) is 67.4 Å². The number of hydrogen-bond donors (Lipinski definition) is 5. The summed E-state index contributed by atoms with van der Waals surface area (Å²) >= 11 is 0. The second kappa shape index (κ2) is 13.6. The first kappa shape index (κ1) is 27.9. The number of carbonyl (C=O) groups excluding carboxylic acids is 2. The van der Waals surface area contributed by atoms with Crippen molar-refractivity contribution in [2.45, 2.75) is 19.9 Å². The number of aryl methyl sites for hydroxylation is 1. The molecule has 0 aliphatic rings. The number of benzene rings is 2. The number of pyridine rings is 1. The summed E-state index contributed by atoms with van der Waals surface area (Å²) in [6, 6.07) is 12.6. The number of hydrazine groups is 1. The van der Waals surface area contributed by atoms with Gasteiger partial charge in [-0.15, -0.1) is 0 Å². The van der Waals surface area contributed by atoms with Crippen LogP contribution in [0.5, 0.6) is 11.5 Å². The lowest BCUT2D eigenvalue weighted by molar-refractivity contribution is -0.122. The Morgan fingerprint density at radius 3 is 2.45 bits per heavy atom. The minimum atomic E-state index is -0.927. The number of methoxy groups -OCH3 is 1. The van der Waals surface area contributed by atoms with E-state index < -0.39 is 17.9 Å². The second-order valence-corrected chi connectivity index (χ2v) is 8.18. The van der Waals surface area contributed by atoms with Gasteiger partial charge in [-0.25, -0.2) is 0 Å². The van der Waals surface area contributed by atoms with E-state index in [-0.39, 0.29) is 5.84 Å². The van der Waals surface area contributed by atoms with E-state index in [1.807, 2.05) is 6.92 Å². The Bertz CT molecular complexity index is 1270. The lowest BCUT2D eigenvalue weighted by Gasteiger charge is -2.22. The third kappa shape index (κ3) is 7.43. The normalized spacial score (nSPS) is 11.2. The zero-order chi connectivity index (χ0) is 27.5. The maximum absolute atomic E-state index is 13.4. The van der Waals surface area contributed by atoms with Crippen LogP contribution in [0.1, 0.15) is 40.0 Å². The Morgan fingerprint density at radius 1 is 1.03 bits per heavy atom. The monoisotopic (exact) mass is 520 g/mol. The Balaban J connectivity index is 1.87. The quantitative estimate of drug-likeness (QED) is 0.105. The number of anilines is 1. The van der Waals surface area contributed by atoms with Crippen LogP contribution in [0.4, 0.5) is 5.69 Å². The van der Waals surface area contributed by atoms with Gasteiger partial charge >= 0.3 is 0 Å². The molecule has 38 heavy (non-hydrogen) atoms. The number of ether oxygens (including phenoxy) is 3. The summed E-state index contributed by atoms with van der Waals surface area (Å²) in [6.07, 6.45) is 3.07. The highest BCUT2D eigenvalue weighted by Gasteiger charge is 2.23. The molecule has 3 rings (SSSR count). The molecule has 0 aliphatic carbocycles. The molecule has 1 unspecified atom stereocenters. The summed E-state index contributed by atoms with van der Waals surface area (Å²) in [5, 5.41) is 10.8. The Hall–Kier alpha value is -4.64. The molecule has 6 N–H and O–H groups in total. The molecule has 2 amide bonds. The summed E-state index contributed by atoms with van der Waals surface area (Å²) in [5.41, 5.74) is 13.3. The van der Waals surface area contributed by atoms with Crippen LogP contribution in [-0.2, 0) is 9.53 Å². The lowest BCUT2D eigenvalue weighted by Crippen LogP contribution is -2.45. The van der Waals surface area contributed by atoms with Gasteiger partial charge in [0.15, 0.2) is 11.5 Å². The molecule has 3 aromatic rings. The van der Waals surface area contributed by atoms with E-state index in [1.165, 1.54) is 6.20 Å². The number of nitrogen functional groups attached to an aromatic ring is 1. The highest BCUT2D eigenvalue weighted by Crippen LogP contribution is 2.32. The molecule has 11 heteroatoms. The zero-order valence-electron chi connectivity index (χ0n) is 21.5. The maximum Gasteiger partial charge on any atom is 0.270 e. The number of hydrogen-bond acceptors (Lipinski definition) is 8. The van der Waals surface area contributed by atoms with Crippen LogP contribution in [-0.4, -0.2) is 49.6 Å². The average molecular weight is 521 g/mol. The molecule has 1 aromatic heterocycles. The second-order valence-electron chi connectivity index (χ2n) is 8.18. The van der Waals surface area contributed by atoms with Crippen molar-refractivity contribution >= 4 is 23.3 Å². The number of amidine groups is 1. The van der Waals surface area contributed by atoms with Crippen LogP contribution >= 0.6 is 0 Å². The third-order valence-corrected chi connectivity index (χ3v) is 5.48. The van der Waals surface area contributed by atoms with Crippen molar-refractivity contribution in [1.29, 1.82) is 5.41 Å². The van der Waals surface area contributed by atoms with Crippen LogP contribution in [0, 0.1) is 12.3 Å². The number of nitrogens with zero attached hydrogens (tertiary/aromatic N) is 1. The SMILES string of the molecule is CCOc1cc(C(Nc2ccc(C(=N)N)cc2)C(=O)NNC(=O)c2ccncc2C)ccc1OCCOC. The number of aromatic nitrogens is 1. The lowest BCUT2D eigenvalue weighted by atomic mass is 10.0. The first-order valence-corrected chi connectivity index (χ1v) is 11.9. The molecule has 11 nitrogen and oxygen atoms in total. The van der Waals surface area contributed by atoms with E-state index in [9.17, 15) is 9.59 Å². The van der Waals surface area contributed by atoms with Gasteiger partial charge in [0.1, 0.15) is 18.5 Å². The molecule has 0 radical (unpaired) electrons. The number of carbonyl (C=O) groups is 2. The largest absolute Gasteiger partial charge is 0.490 e. The van der Waals surface area contributed by atoms with Crippen LogP contribution in [0.15, 0.2) is 60.9 Å². The van der Waals surface area contributed by atoms with Crippen molar-refractivity contribution in [3.63, 3.8) is 0 Å². The summed E-state index contributed by atoms with van der Waals surface area (Å²) in [4.78, 5) is 30.0. The molecule has 200 valence electrons. The highest BCUT2D eigenvalue weighted by atomic mass is 16.5. The Morgan fingerprint density at radius 2 is 1.79 bits per heavy atom. The zero-order valence-corrected chi connectivity index (χ0v) is 21.5. The van der Waals surface area contributed by atoms with Gasteiger partial charge in [-0.1, -0.05) is 6.07 Å². The molecule has 0 bridgehead atoms. The van der Waals surface area contributed by atoms with Crippen molar-refractivity contribution in [2.24, 2.45) is 5.73 Å². The Kier molecular flexibility index (Phi) is 10.0. The third-order valence-electron chi connectivity index (χ3n) is 5.48. The van der Waals surface area contributed by atoms with E-state index >= 15 is 0 Å². The van der Waals surface area contributed by atoms with Crippen LogP contribution in [0.2, 0.25) is 0 Å². The summed E-state index contributed by atoms with van der Waals surface area (Å²) in [7, 11) is 1.59. The average Bonchev–Trinajstić information content (AvgIpc) is 2.92. The van der Waals surface area contributed by atoms with Crippen molar-refractivity contribution < 1.29 is 23.8 Å². The topological polar surface area (TPSA) is 161 Å². The fraction of sp³-hybridized carbons (Fsp3) is 0.259. The standard InChI is InChI=1S/C27H32N6O5/c1-4-37-23-15-19(7-10-22(23)38-14-13-36-3)24(31-20-8-5-18(6-9-20)25(28)29)27(35)33-32-26(34)21-11-12-30-16-17(21)2/h5-12,15-16,24,31H,4,13-14H2,1-3H3,(H3,28,29)(H,32,34)(H,33,35). The summed E-state index contributed by atoms with van der Waals surface area (Å²) < 4.78 is 16.6. The van der Waals surface area contributed by atoms with Crippen molar-refractivity contribution in [3.05, 3.63) is 83.2 Å². The molecule has 0 spiro atoms. The van der Waals surface area contributed by atoms with E-state index in [4.69, 9.17) is 25.4 Å². The molecule has 0 saturated heterocycles. The molecule has 1 atom stereocenters. The van der Waals surface area contributed by atoms with Gasteiger partial charge < -0.3 is 25.3 Å². The first-order chi connectivity index (χ1) is 18.3. The molecule has 1 heterocycles. The summed E-state index contributed by atoms with van der Waals surface area (Å²) in [5.74, 6) is -0.0792. The van der Waals surface area contributed by atoms with E-state index in [2.05, 4.69) is 21.2 Å². The summed E-state index contributed by atoms with van der Waals surface area (Å²) in [6.45, 7) is 4.74. The Labute approximate surface area is 221 Å². The van der Waals surface area contributed by atoms with Crippen molar-refractivity contribution in [2.75, 3.05) is 32.2 Å². The van der Waals surface area contributed by atoms with Gasteiger partial charge in [0.2, 0.25) is 0 Å². The maximum atomic E-state index is 13.4. The van der Waals surface area contributed by atoms with E-state index in [1.54, 1.807) is 68.8 Å². The van der Waals surface area contributed by atoms with Gasteiger partial charge in [0.05, 0.1) is 13.2 Å². The molecular formula is C27H32N6O5. The number of rotatable bonds is 12. The highest BCUT2D eigenvalue weighted by molar-refractivity contribution is 5.97. The van der Waals surface area contributed by atoms with Gasteiger partial charge in [0, 0.05) is 36.3 Å². The predicted octanol–water partition coefficient (Wildman–Crippen LogP) is 2.71. The van der Waals surface area contributed by atoms with Crippen molar-refractivity contribution in [1.82, 2.24) is 15.8 Å². The number of nitrogens with two attached hydrogens (primary N) is 1. The minimum Gasteiger partial charge on any atom is -0.490 e. The van der Waals surface area contributed by atoms with E-state index in [0.717, 1.165) is 0 Å². The fourth-order valence-corrected chi connectivity index (χ4v) is 3.53. The fourth-order valence-electron chi connectivity index (χ4n) is 3.53. The van der Waals surface area contributed by atoms with E-state index in [0.29, 0.717) is 59.3 Å². The van der Waals surface area contributed by atoms with Crippen LogP contribution in [0.3, 0.4) is 0 Å². The first-order valence-electron chi connectivity index (χ1n) is 11.9. The van der Waals surface area contributed by atoms with Gasteiger partial charge in [-0.2, -0.15) is 0 Å². The molecule has 2 aromatic carbocycles. The van der Waals surface area contributed by atoms with Crippen LogP contribution in [0.25, 0.3) is 0 Å². The van der Waals surface area contributed by atoms with Crippen LogP contribution < -0.4 is 31.4 Å². The number of amides is 2.